The smallest absolute Gasteiger partial charge is 0.335 e. The summed E-state index contributed by atoms with van der Waals surface area (Å²) in [7, 11) is -4.07. The fraction of sp³-hybridized carbons (Fsp3) is 0.333. The summed E-state index contributed by atoms with van der Waals surface area (Å²) < 4.78 is 31.4. The van der Waals surface area contributed by atoms with E-state index in [-0.39, 0.29) is 21.5 Å². The first-order valence-electron chi connectivity index (χ1n) is 5.91. The minimum absolute atomic E-state index is 0.128. The molecule has 0 amide bonds. The summed E-state index contributed by atoms with van der Waals surface area (Å²) in [5.41, 5.74) is -0.178. The Labute approximate surface area is 130 Å². The van der Waals surface area contributed by atoms with Crippen LogP contribution in [0.1, 0.15) is 24.2 Å². The predicted molar refractivity (Wildman–Crippen MR) is 77.5 cm³/mol. The summed E-state index contributed by atoms with van der Waals surface area (Å²) >= 11 is 3.04. The monoisotopic (exact) mass is 379 g/mol. The Bertz CT molecular complexity index is 658. The van der Waals surface area contributed by atoms with Gasteiger partial charge in [0.05, 0.1) is 17.1 Å². The van der Waals surface area contributed by atoms with Gasteiger partial charge in [-0.15, -0.1) is 0 Å². The molecule has 1 aromatic rings. The molecule has 0 spiro atoms. The molecule has 0 saturated heterocycles. The molecule has 1 rings (SSSR count). The molecule has 2 N–H and O–H groups in total. The first-order valence-corrected chi connectivity index (χ1v) is 8.18. The van der Waals surface area contributed by atoms with Gasteiger partial charge in [0.2, 0.25) is 10.0 Å². The third-order valence-corrected chi connectivity index (χ3v) is 4.97. The molecule has 1 atom stereocenters. The number of benzene rings is 1. The second-order valence-corrected chi connectivity index (χ2v) is 6.58. The number of halogens is 1. The van der Waals surface area contributed by atoms with Crippen molar-refractivity contribution in [2.75, 3.05) is 6.61 Å². The highest BCUT2D eigenvalue weighted by Gasteiger charge is 2.25. The Balaban J connectivity index is 3.11. The van der Waals surface area contributed by atoms with E-state index >= 15 is 0 Å². The maximum absolute atomic E-state index is 12.2. The zero-order valence-corrected chi connectivity index (χ0v) is 13.7. The zero-order valence-electron chi connectivity index (χ0n) is 11.3. The van der Waals surface area contributed by atoms with Gasteiger partial charge in [0.1, 0.15) is 6.04 Å². The van der Waals surface area contributed by atoms with Gasteiger partial charge in [0.25, 0.3) is 0 Å². The highest BCUT2D eigenvalue weighted by atomic mass is 79.9. The number of rotatable bonds is 6. The number of carbonyl (C=O) groups excluding carboxylic acids is 1. The van der Waals surface area contributed by atoms with Gasteiger partial charge in [-0.3, -0.25) is 4.79 Å². The quantitative estimate of drug-likeness (QED) is 0.722. The van der Waals surface area contributed by atoms with E-state index in [4.69, 9.17) is 9.84 Å². The van der Waals surface area contributed by atoms with E-state index in [1.54, 1.807) is 6.92 Å². The lowest BCUT2D eigenvalue weighted by molar-refractivity contribution is -0.144. The number of hydrogen-bond donors (Lipinski definition) is 2. The van der Waals surface area contributed by atoms with Crippen molar-refractivity contribution in [3.63, 3.8) is 0 Å². The Morgan fingerprint density at radius 2 is 2.05 bits per heavy atom. The minimum Gasteiger partial charge on any atom is -0.478 e. The molecular weight excluding hydrogens is 366 g/mol. The van der Waals surface area contributed by atoms with Gasteiger partial charge in [-0.05, 0) is 48.0 Å². The molecule has 0 aliphatic carbocycles. The van der Waals surface area contributed by atoms with Crippen LogP contribution in [0.5, 0.6) is 0 Å². The van der Waals surface area contributed by atoms with E-state index in [1.807, 2.05) is 0 Å². The van der Waals surface area contributed by atoms with Crippen molar-refractivity contribution in [2.24, 2.45) is 0 Å². The number of carboxylic acid groups (broad SMARTS) is 1. The molecular formula is C12H14BrNO6S. The molecule has 0 aliphatic heterocycles. The molecule has 9 heteroatoms. The number of nitrogens with one attached hydrogen (secondary N) is 1. The van der Waals surface area contributed by atoms with Crippen molar-refractivity contribution in [2.45, 2.75) is 24.8 Å². The molecule has 0 fully saturated rings. The SMILES string of the molecule is CCOC(=O)C(C)NS(=O)(=O)c1cc(C(=O)O)ccc1Br. The lowest BCUT2D eigenvalue weighted by atomic mass is 10.2. The van der Waals surface area contributed by atoms with Crippen molar-refractivity contribution < 1.29 is 27.9 Å². The maximum atomic E-state index is 12.2. The summed E-state index contributed by atoms with van der Waals surface area (Å²) in [6.45, 7) is 3.07. The molecule has 0 heterocycles. The van der Waals surface area contributed by atoms with E-state index in [1.165, 1.54) is 19.1 Å². The first kappa shape index (κ1) is 17.6. The van der Waals surface area contributed by atoms with E-state index < -0.39 is 28.0 Å². The van der Waals surface area contributed by atoms with Gasteiger partial charge >= 0.3 is 11.9 Å². The number of aromatic carboxylic acids is 1. The minimum atomic E-state index is -4.07. The fourth-order valence-electron chi connectivity index (χ4n) is 1.45. The molecule has 7 nitrogen and oxygen atoms in total. The number of esters is 1. The third kappa shape index (κ3) is 4.51. The Hall–Kier alpha value is -1.45. The lowest BCUT2D eigenvalue weighted by Gasteiger charge is -2.14. The van der Waals surface area contributed by atoms with Crippen LogP contribution in [0.2, 0.25) is 0 Å². The molecule has 1 unspecified atom stereocenters. The summed E-state index contributed by atoms with van der Waals surface area (Å²) in [4.78, 5) is 22.1. The third-order valence-electron chi connectivity index (χ3n) is 2.44. The van der Waals surface area contributed by atoms with Gasteiger partial charge < -0.3 is 9.84 Å². The normalized spacial score (nSPS) is 12.7. The van der Waals surface area contributed by atoms with Crippen LogP contribution in [-0.4, -0.2) is 38.1 Å². The van der Waals surface area contributed by atoms with Crippen LogP contribution in [-0.2, 0) is 19.6 Å². The van der Waals surface area contributed by atoms with Gasteiger partial charge in [0, 0.05) is 4.47 Å². The highest BCUT2D eigenvalue weighted by Crippen LogP contribution is 2.23. The number of carboxylic acids is 1. The fourth-order valence-corrected chi connectivity index (χ4v) is 3.64. The van der Waals surface area contributed by atoms with Gasteiger partial charge in [-0.25, -0.2) is 13.2 Å². The molecule has 21 heavy (non-hydrogen) atoms. The summed E-state index contributed by atoms with van der Waals surface area (Å²) in [6, 6.07) is 2.50. The van der Waals surface area contributed by atoms with E-state index in [0.717, 1.165) is 6.07 Å². The second-order valence-electron chi connectivity index (χ2n) is 4.05. The number of ether oxygens (including phenoxy) is 1. The topological polar surface area (TPSA) is 110 Å². The number of carbonyl (C=O) groups is 2. The molecule has 0 aliphatic rings. The molecule has 116 valence electrons. The molecule has 0 aromatic heterocycles. The second kappa shape index (κ2) is 7.01. The summed E-state index contributed by atoms with van der Waals surface area (Å²) in [5, 5.41) is 8.90. The average molecular weight is 380 g/mol. The predicted octanol–water partition coefficient (Wildman–Crippen LogP) is 1.38. The average Bonchev–Trinajstić information content (AvgIpc) is 2.38. The molecule has 0 bridgehead atoms. The highest BCUT2D eigenvalue weighted by molar-refractivity contribution is 9.10. The van der Waals surface area contributed by atoms with Crippen molar-refractivity contribution in [1.82, 2.24) is 4.72 Å². The van der Waals surface area contributed by atoms with Crippen LogP contribution in [0.25, 0.3) is 0 Å². The van der Waals surface area contributed by atoms with Crippen molar-refractivity contribution in [3.8, 4) is 0 Å². The standard InChI is InChI=1S/C12H14BrNO6S/c1-3-20-12(17)7(2)14-21(18,19)10-6-8(11(15)16)4-5-9(10)13/h4-7,14H,3H2,1-2H3,(H,15,16). The van der Waals surface area contributed by atoms with Gasteiger partial charge in [-0.1, -0.05) is 0 Å². The first-order chi connectivity index (χ1) is 9.69. The number of sulfonamides is 1. The number of hydrogen-bond acceptors (Lipinski definition) is 5. The van der Waals surface area contributed by atoms with E-state index in [2.05, 4.69) is 20.7 Å². The van der Waals surface area contributed by atoms with Crippen LogP contribution < -0.4 is 4.72 Å². The van der Waals surface area contributed by atoms with Gasteiger partial charge in [-0.2, -0.15) is 4.72 Å². The van der Waals surface area contributed by atoms with E-state index in [0.29, 0.717) is 0 Å². The lowest BCUT2D eigenvalue weighted by Crippen LogP contribution is -2.39. The van der Waals surface area contributed by atoms with Crippen LogP contribution >= 0.6 is 15.9 Å². The van der Waals surface area contributed by atoms with Gasteiger partial charge in [0.15, 0.2) is 0 Å². The Morgan fingerprint density at radius 3 is 2.57 bits per heavy atom. The zero-order chi connectivity index (χ0) is 16.2. The molecule has 0 saturated carbocycles. The van der Waals surface area contributed by atoms with Crippen LogP contribution in [0.3, 0.4) is 0 Å². The van der Waals surface area contributed by atoms with Crippen LogP contribution in [0, 0.1) is 0 Å². The summed E-state index contributed by atoms with van der Waals surface area (Å²) in [6.07, 6.45) is 0. The molecule has 1 aromatic carbocycles. The summed E-state index contributed by atoms with van der Waals surface area (Å²) in [5.74, 6) is -1.97. The molecule has 0 radical (unpaired) electrons. The van der Waals surface area contributed by atoms with Crippen molar-refractivity contribution in [1.29, 1.82) is 0 Å². The van der Waals surface area contributed by atoms with Crippen LogP contribution in [0.15, 0.2) is 27.6 Å². The van der Waals surface area contributed by atoms with Crippen LogP contribution in [0.4, 0.5) is 0 Å². The Kier molecular flexibility index (Phi) is 5.87. The Morgan fingerprint density at radius 1 is 1.43 bits per heavy atom. The van der Waals surface area contributed by atoms with Crippen molar-refractivity contribution >= 4 is 37.9 Å². The van der Waals surface area contributed by atoms with E-state index in [9.17, 15) is 18.0 Å². The maximum Gasteiger partial charge on any atom is 0.335 e. The largest absolute Gasteiger partial charge is 0.478 e. The van der Waals surface area contributed by atoms with Crippen molar-refractivity contribution in [3.05, 3.63) is 28.2 Å².